The fourth-order valence-corrected chi connectivity index (χ4v) is 5.83. The maximum Gasteiger partial charge on any atom is -0.0227 e. The predicted molar refractivity (Wildman–Crippen MR) is 78.3 cm³/mol. The summed E-state index contributed by atoms with van der Waals surface area (Å²) in [5.41, 5.74) is 0.848. The Morgan fingerprint density at radius 2 is 1.83 bits per heavy atom. The second-order valence-corrected chi connectivity index (χ2v) is 8.13. The van der Waals surface area contributed by atoms with Crippen LogP contribution in [0.15, 0.2) is 0 Å². The molecule has 7 unspecified atom stereocenters. The molecule has 3 fully saturated rings. The molecule has 0 heteroatoms. The van der Waals surface area contributed by atoms with Crippen LogP contribution in [0.1, 0.15) is 66.7 Å². The highest BCUT2D eigenvalue weighted by Gasteiger charge is 2.71. The summed E-state index contributed by atoms with van der Waals surface area (Å²) in [5.74, 6) is 7.39. The van der Waals surface area contributed by atoms with E-state index in [2.05, 4.69) is 34.6 Å². The van der Waals surface area contributed by atoms with Gasteiger partial charge in [-0.2, -0.15) is 0 Å². The van der Waals surface area contributed by atoms with E-state index >= 15 is 0 Å². The van der Waals surface area contributed by atoms with E-state index in [1.54, 1.807) is 19.3 Å². The lowest BCUT2D eigenvalue weighted by Gasteiger charge is -2.52. The second-order valence-electron chi connectivity index (χ2n) is 8.13. The van der Waals surface area contributed by atoms with E-state index in [1.807, 2.05) is 0 Å². The minimum Gasteiger partial charge on any atom is -0.0651 e. The van der Waals surface area contributed by atoms with Gasteiger partial charge in [-0.3, -0.25) is 0 Å². The molecule has 1 spiro atoms. The van der Waals surface area contributed by atoms with Gasteiger partial charge in [-0.15, -0.1) is 0 Å². The van der Waals surface area contributed by atoms with E-state index < -0.39 is 0 Å². The molecular formula is C18H32. The van der Waals surface area contributed by atoms with Crippen LogP contribution in [-0.4, -0.2) is 0 Å². The summed E-state index contributed by atoms with van der Waals surface area (Å²) in [5, 5.41) is 0. The van der Waals surface area contributed by atoms with Crippen LogP contribution in [0, 0.1) is 46.8 Å². The molecule has 3 saturated carbocycles. The van der Waals surface area contributed by atoms with Crippen molar-refractivity contribution in [3.8, 4) is 0 Å². The summed E-state index contributed by atoms with van der Waals surface area (Å²) in [7, 11) is 0. The van der Waals surface area contributed by atoms with Gasteiger partial charge < -0.3 is 0 Å². The van der Waals surface area contributed by atoms with Gasteiger partial charge in [-0.05, 0) is 66.1 Å². The Kier molecular flexibility index (Phi) is 3.07. The van der Waals surface area contributed by atoms with Gasteiger partial charge in [0.05, 0.1) is 0 Å². The second kappa shape index (κ2) is 4.25. The Labute approximate surface area is 114 Å². The van der Waals surface area contributed by atoms with Crippen molar-refractivity contribution in [2.24, 2.45) is 46.8 Å². The van der Waals surface area contributed by atoms with Crippen molar-refractivity contribution in [3.63, 3.8) is 0 Å². The molecule has 0 saturated heterocycles. The first-order valence-corrected chi connectivity index (χ1v) is 8.55. The maximum atomic E-state index is 2.47. The van der Waals surface area contributed by atoms with Crippen molar-refractivity contribution in [2.45, 2.75) is 66.7 Å². The summed E-state index contributed by atoms with van der Waals surface area (Å²) in [6.07, 6.45) is 7.59. The van der Waals surface area contributed by atoms with Crippen LogP contribution >= 0.6 is 0 Å². The zero-order valence-electron chi connectivity index (χ0n) is 13.1. The summed E-state index contributed by atoms with van der Waals surface area (Å²) in [6.45, 7) is 12.3. The summed E-state index contributed by atoms with van der Waals surface area (Å²) < 4.78 is 0. The van der Waals surface area contributed by atoms with Crippen LogP contribution in [0.4, 0.5) is 0 Å². The van der Waals surface area contributed by atoms with Crippen molar-refractivity contribution in [1.82, 2.24) is 0 Å². The van der Waals surface area contributed by atoms with E-state index in [4.69, 9.17) is 0 Å². The topological polar surface area (TPSA) is 0 Å². The first-order chi connectivity index (χ1) is 8.55. The highest BCUT2D eigenvalue weighted by Crippen LogP contribution is 2.79. The fourth-order valence-electron chi connectivity index (χ4n) is 5.83. The van der Waals surface area contributed by atoms with Crippen molar-refractivity contribution in [3.05, 3.63) is 0 Å². The third-order valence-electron chi connectivity index (χ3n) is 6.99. The van der Waals surface area contributed by atoms with Crippen molar-refractivity contribution in [2.75, 3.05) is 0 Å². The quantitative estimate of drug-likeness (QED) is 0.613. The molecule has 3 rings (SSSR count). The smallest absolute Gasteiger partial charge is 0.0227 e. The standard InChI is InChI=1S/C18H32/c1-6-13-9-18(10-16(18)15-8-12(15)5)17(13)14(7-2)11(3)4/h11-17H,6-10H2,1-5H3. The van der Waals surface area contributed by atoms with Gasteiger partial charge in [0.2, 0.25) is 0 Å². The molecule has 0 aliphatic heterocycles. The molecule has 0 aromatic heterocycles. The number of hydrogen-bond donors (Lipinski definition) is 0. The lowest BCUT2D eigenvalue weighted by atomic mass is 9.53. The van der Waals surface area contributed by atoms with Crippen molar-refractivity contribution < 1.29 is 0 Å². The van der Waals surface area contributed by atoms with Gasteiger partial charge >= 0.3 is 0 Å². The average molecular weight is 248 g/mol. The Morgan fingerprint density at radius 1 is 1.17 bits per heavy atom. The average Bonchev–Trinajstić information content (AvgIpc) is 3.18. The lowest BCUT2D eigenvalue weighted by Crippen LogP contribution is -2.46. The Balaban J connectivity index is 1.73. The molecular weight excluding hydrogens is 216 g/mol. The maximum absolute atomic E-state index is 2.47. The molecule has 7 atom stereocenters. The van der Waals surface area contributed by atoms with E-state index in [0.29, 0.717) is 0 Å². The summed E-state index contributed by atoms with van der Waals surface area (Å²) >= 11 is 0. The highest BCUT2D eigenvalue weighted by atomic mass is 14.8. The molecule has 0 heterocycles. The zero-order chi connectivity index (χ0) is 13.1. The molecule has 0 nitrogen and oxygen atoms in total. The SMILES string of the molecule is CCC1CC2(CC2C2CC2C)C1C(CC)C(C)C. The third-order valence-corrected chi connectivity index (χ3v) is 6.99. The molecule has 3 aliphatic rings. The van der Waals surface area contributed by atoms with Gasteiger partial charge in [-0.1, -0.05) is 47.5 Å². The normalized spacial score (nSPS) is 51.3. The number of hydrogen-bond acceptors (Lipinski definition) is 0. The molecule has 0 bridgehead atoms. The molecule has 0 radical (unpaired) electrons. The van der Waals surface area contributed by atoms with Crippen LogP contribution in [-0.2, 0) is 0 Å². The van der Waals surface area contributed by atoms with E-state index in [-0.39, 0.29) is 0 Å². The number of rotatable bonds is 5. The molecule has 104 valence electrons. The summed E-state index contributed by atoms with van der Waals surface area (Å²) in [4.78, 5) is 0. The lowest BCUT2D eigenvalue weighted by molar-refractivity contribution is -0.0378. The molecule has 0 aromatic rings. The van der Waals surface area contributed by atoms with E-state index in [9.17, 15) is 0 Å². The Morgan fingerprint density at radius 3 is 2.28 bits per heavy atom. The van der Waals surface area contributed by atoms with Gasteiger partial charge in [-0.25, -0.2) is 0 Å². The van der Waals surface area contributed by atoms with Crippen molar-refractivity contribution in [1.29, 1.82) is 0 Å². The molecule has 0 amide bonds. The van der Waals surface area contributed by atoms with E-state index in [1.165, 1.54) is 12.8 Å². The van der Waals surface area contributed by atoms with Gasteiger partial charge in [0, 0.05) is 0 Å². The van der Waals surface area contributed by atoms with E-state index in [0.717, 1.165) is 46.8 Å². The first-order valence-electron chi connectivity index (χ1n) is 8.55. The Bertz CT molecular complexity index is 318. The largest absolute Gasteiger partial charge is 0.0651 e. The summed E-state index contributed by atoms with van der Waals surface area (Å²) in [6, 6.07) is 0. The predicted octanol–water partition coefficient (Wildman–Crippen LogP) is 5.38. The first kappa shape index (κ1) is 13.0. The van der Waals surface area contributed by atoms with Gasteiger partial charge in [0.15, 0.2) is 0 Å². The molecule has 0 N–H and O–H groups in total. The third kappa shape index (κ3) is 1.70. The minimum absolute atomic E-state index is 0.848. The van der Waals surface area contributed by atoms with Crippen molar-refractivity contribution >= 4 is 0 Å². The Hall–Kier alpha value is 0. The monoisotopic (exact) mass is 248 g/mol. The van der Waals surface area contributed by atoms with Crippen LogP contribution in [0.25, 0.3) is 0 Å². The highest BCUT2D eigenvalue weighted by molar-refractivity contribution is 5.20. The molecule has 18 heavy (non-hydrogen) atoms. The van der Waals surface area contributed by atoms with Crippen LogP contribution in [0.2, 0.25) is 0 Å². The molecule has 0 aromatic carbocycles. The van der Waals surface area contributed by atoms with Gasteiger partial charge in [0.1, 0.15) is 0 Å². The fraction of sp³-hybridized carbons (Fsp3) is 1.00. The zero-order valence-corrected chi connectivity index (χ0v) is 13.1. The van der Waals surface area contributed by atoms with Crippen LogP contribution in [0.3, 0.4) is 0 Å². The molecule has 3 aliphatic carbocycles. The van der Waals surface area contributed by atoms with Crippen LogP contribution < -0.4 is 0 Å². The minimum atomic E-state index is 0.848. The van der Waals surface area contributed by atoms with Crippen LogP contribution in [0.5, 0.6) is 0 Å². The van der Waals surface area contributed by atoms with Gasteiger partial charge in [0.25, 0.3) is 0 Å².